The number of amides is 1. The first kappa shape index (κ1) is 19.9. The van der Waals surface area contributed by atoms with Crippen LogP contribution in [0.4, 0.5) is 10.5 Å². The van der Waals surface area contributed by atoms with E-state index < -0.39 is 29.1 Å². The van der Waals surface area contributed by atoms with Gasteiger partial charge < -0.3 is 19.9 Å². The van der Waals surface area contributed by atoms with Crippen LogP contribution in [0.25, 0.3) is 0 Å². The monoisotopic (exact) mass is 374 g/mol. The first-order valence-corrected chi connectivity index (χ1v) is 7.90. The lowest BCUT2D eigenvalue weighted by Gasteiger charge is -2.22. The van der Waals surface area contributed by atoms with E-state index in [-0.39, 0.29) is 17.9 Å². The standard InChI is InChI=1S/C18H18N2O7/c1-26-17(22)16(21)15(13-7-9-14(10-8-13)20(24)25)19-18(23)27-11-12-5-3-2-4-6-12/h2-10,15-16,21H,11H2,1H3,(H,19,23)/t15-,16+/m1/s1. The van der Waals surface area contributed by atoms with Crippen LogP contribution in [-0.2, 0) is 20.9 Å². The van der Waals surface area contributed by atoms with Gasteiger partial charge in [0.1, 0.15) is 6.61 Å². The van der Waals surface area contributed by atoms with Gasteiger partial charge >= 0.3 is 12.1 Å². The smallest absolute Gasteiger partial charge is 0.408 e. The number of alkyl carbamates (subject to hydrolysis) is 1. The van der Waals surface area contributed by atoms with Crippen molar-refractivity contribution in [2.24, 2.45) is 0 Å². The molecule has 0 heterocycles. The van der Waals surface area contributed by atoms with Gasteiger partial charge in [-0.05, 0) is 11.1 Å². The summed E-state index contributed by atoms with van der Waals surface area (Å²) >= 11 is 0. The van der Waals surface area contributed by atoms with E-state index in [0.717, 1.165) is 12.7 Å². The molecule has 0 aliphatic rings. The Kier molecular flexibility index (Phi) is 6.84. The molecule has 2 atom stereocenters. The number of hydrogen-bond acceptors (Lipinski definition) is 7. The molecule has 0 fully saturated rings. The maximum atomic E-state index is 12.1. The van der Waals surface area contributed by atoms with Gasteiger partial charge in [-0.15, -0.1) is 0 Å². The van der Waals surface area contributed by atoms with Crippen LogP contribution in [0.15, 0.2) is 54.6 Å². The Bertz CT molecular complexity index is 793. The number of carbonyl (C=O) groups excluding carboxylic acids is 2. The molecule has 0 saturated carbocycles. The maximum absolute atomic E-state index is 12.1. The van der Waals surface area contributed by atoms with Crippen LogP contribution in [-0.4, -0.2) is 35.3 Å². The highest BCUT2D eigenvalue weighted by Gasteiger charge is 2.30. The Morgan fingerprint density at radius 3 is 2.33 bits per heavy atom. The van der Waals surface area contributed by atoms with Crippen LogP contribution in [0.3, 0.4) is 0 Å². The van der Waals surface area contributed by atoms with E-state index in [4.69, 9.17) is 4.74 Å². The zero-order valence-electron chi connectivity index (χ0n) is 14.4. The molecule has 0 saturated heterocycles. The topological polar surface area (TPSA) is 128 Å². The number of nitro benzene ring substituents is 1. The number of hydrogen-bond donors (Lipinski definition) is 2. The molecule has 0 spiro atoms. The second-order valence-electron chi connectivity index (χ2n) is 5.50. The molecule has 2 aromatic carbocycles. The van der Waals surface area contributed by atoms with Crippen molar-refractivity contribution in [2.45, 2.75) is 18.8 Å². The van der Waals surface area contributed by atoms with Gasteiger partial charge in [-0.3, -0.25) is 10.1 Å². The van der Waals surface area contributed by atoms with Crippen molar-refractivity contribution in [3.05, 3.63) is 75.8 Å². The fourth-order valence-corrected chi connectivity index (χ4v) is 2.30. The van der Waals surface area contributed by atoms with Crippen molar-refractivity contribution in [1.29, 1.82) is 0 Å². The minimum Gasteiger partial charge on any atom is -0.467 e. The highest BCUT2D eigenvalue weighted by atomic mass is 16.6. The fraction of sp³-hybridized carbons (Fsp3) is 0.222. The maximum Gasteiger partial charge on any atom is 0.408 e. The van der Waals surface area contributed by atoms with Crippen LogP contribution >= 0.6 is 0 Å². The Hall–Kier alpha value is -3.46. The molecule has 0 aromatic heterocycles. The molecule has 0 aliphatic carbocycles. The number of ether oxygens (including phenoxy) is 2. The van der Waals surface area contributed by atoms with E-state index in [1.807, 2.05) is 6.07 Å². The van der Waals surface area contributed by atoms with E-state index >= 15 is 0 Å². The summed E-state index contributed by atoms with van der Waals surface area (Å²) in [6.45, 7) is -0.00598. The number of nitro groups is 1. The normalized spacial score (nSPS) is 12.5. The van der Waals surface area contributed by atoms with Crippen molar-refractivity contribution < 1.29 is 29.1 Å². The molecule has 142 valence electrons. The predicted molar refractivity (Wildman–Crippen MR) is 93.6 cm³/mol. The first-order valence-electron chi connectivity index (χ1n) is 7.90. The highest BCUT2D eigenvalue weighted by Crippen LogP contribution is 2.21. The first-order chi connectivity index (χ1) is 12.9. The number of nitrogens with zero attached hydrogens (tertiary/aromatic N) is 1. The molecular weight excluding hydrogens is 356 g/mol. The number of aliphatic hydroxyl groups is 1. The number of methoxy groups -OCH3 is 1. The van der Waals surface area contributed by atoms with E-state index in [2.05, 4.69) is 10.1 Å². The summed E-state index contributed by atoms with van der Waals surface area (Å²) in [7, 11) is 1.09. The van der Waals surface area contributed by atoms with Gasteiger partial charge in [0.25, 0.3) is 5.69 Å². The average molecular weight is 374 g/mol. The molecule has 2 N–H and O–H groups in total. The van der Waals surface area contributed by atoms with Crippen LogP contribution in [0.5, 0.6) is 0 Å². The zero-order valence-corrected chi connectivity index (χ0v) is 14.4. The molecule has 1 amide bonds. The molecule has 9 heteroatoms. The van der Waals surface area contributed by atoms with Crippen molar-refractivity contribution in [3.8, 4) is 0 Å². The van der Waals surface area contributed by atoms with Gasteiger partial charge in [0.05, 0.1) is 18.1 Å². The number of aliphatic hydroxyl groups excluding tert-OH is 1. The second kappa shape index (κ2) is 9.30. The van der Waals surface area contributed by atoms with E-state index in [9.17, 15) is 24.8 Å². The zero-order chi connectivity index (χ0) is 19.8. The lowest BCUT2D eigenvalue weighted by atomic mass is 10.0. The van der Waals surface area contributed by atoms with Gasteiger partial charge in [-0.1, -0.05) is 42.5 Å². The molecule has 0 unspecified atom stereocenters. The number of non-ortho nitro benzene ring substituents is 1. The minimum atomic E-state index is -1.72. The molecule has 0 aliphatic heterocycles. The summed E-state index contributed by atoms with van der Waals surface area (Å²) in [5.74, 6) is -0.971. The van der Waals surface area contributed by atoms with Crippen LogP contribution < -0.4 is 5.32 Å². The number of carbonyl (C=O) groups is 2. The predicted octanol–water partition coefficient (Wildman–Crippen LogP) is 2.10. The van der Waals surface area contributed by atoms with E-state index in [0.29, 0.717) is 0 Å². The molecule has 27 heavy (non-hydrogen) atoms. The molecule has 2 rings (SSSR count). The van der Waals surface area contributed by atoms with Crippen molar-refractivity contribution >= 4 is 17.7 Å². The molecule has 0 radical (unpaired) electrons. The van der Waals surface area contributed by atoms with E-state index in [1.54, 1.807) is 24.3 Å². The summed E-state index contributed by atoms with van der Waals surface area (Å²) in [5, 5.41) is 23.3. The molecule has 9 nitrogen and oxygen atoms in total. The van der Waals surface area contributed by atoms with Gasteiger partial charge in [-0.25, -0.2) is 9.59 Å². The summed E-state index contributed by atoms with van der Waals surface area (Å²) < 4.78 is 9.58. The van der Waals surface area contributed by atoms with Crippen LogP contribution in [0, 0.1) is 10.1 Å². The summed E-state index contributed by atoms with van der Waals surface area (Å²) in [4.78, 5) is 34.0. The molecule has 0 bridgehead atoms. The third-order valence-electron chi connectivity index (χ3n) is 3.71. The van der Waals surface area contributed by atoms with Gasteiger partial charge in [-0.2, -0.15) is 0 Å². The lowest BCUT2D eigenvalue weighted by Crippen LogP contribution is -2.41. The lowest BCUT2D eigenvalue weighted by molar-refractivity contribution is -0.384. The highest BCUT2D eigenvalue weighted by molar-refractivity contribution is 5.77. The largest absolute Gasteiger partial charge is 0.467 e. The molecule has 2 aromatic rings. The Morgan fingerprint density at radius 2 is 1.78 bits per heavy atom. The van der Waals surface area contributed by atoms with Gasteiger partial charge in [0.15, 0.2) is 6.10 Å². The average Bonchev–Trinajstić information content (AvgIpc) is 2.70. The minimum absolute atomic E-state index is 0.00598. The summed E-state index contributed by atoms with van der Waals surface area (Å²) in [6, 6.07) is 12.8. The Balaban J connectivity index is 2.13. The number of nitrogens with one attached hydrogen (secondary N) is 1. The quantitative estimate of drug-likeness (QED) is 0.431. The van der Waals surface area contributed by atoms with Gasteiger partial charge in [0.2, 0.25) is 0 Å². The van der Waals surface area contributed by atoms with Crippen molar-refractivity contribution in [2.75, 3.05) is 7.11 Å². The number of esters is 1. The van der Waals surface area contributed by atoms with Crippen LogP contribution in [0.2, 0.25) is 0 Å². The third kappa shape index (κ3) is 5.51. The van der Waals surface area contributed by atoms with Crippen molar-refractivity contribution in [1.82, 2.24) is 5.32 Å². The van der Waals surface area contributed by atoms with E-state index in [1.165, 1.54) is 24.3 Å². The number of rotatable bonds is 7. The fourth-order valence-electron chi connectivity index (χ4n) is 2.30. The Labute approximate surface area is 154 Å². The van der Waals surface area contributed by atoms with Crippen LogP contribution in [0.1, 0.15) is 17.2 Å². The summed E-state index contributed by atoms with van der Waals surface area (Å²) in [6.07, 6.45) is -2.59. The second-order valence-corrected chi connectivity index (χ2v) is 5.50. The summed E-state index contributed by atoms with van der Waals surface area (Å²) in [5.41, 5.74) is 0.861. The Morgan fingerprint density at radius 1 is 1.15 bits per heavy atom. The van der Waals surface area contributed by atoms with Crippen molar-refractivity contribution in [3.63, 3.8) is 0 Å². The SMILES string of the molecule is COC(=O)[C@@H](O)[C@H](NC(=O)OCc1ccccc1)c1ccc([N+](=O)[O-])cc1. The van der Waals surface area contributed by atoms with Gasteiger partial charge in [0, 0.05) is 12.1 Å². The third-order valence-corrected chi connectivity index (χ3v) is 3.71. The number of benzene rings is 2. The molecular formula is C18H18N2O7.